The number of fused-ring (bicyclic) bond motifs is 1. The fourth-order valence-electron chi connectivity index (χ4n) is 4.32. The topological polar surface area (TPSA) is 49.8 Å². The molecule has 1 aliphatic rings. The predicted molar refractivity (Wildman–Crippen MR) is 107 cm³/mol. The normalized spacial score (nSPS) is 21.8. The van der Waals surface area contributed by atoms with E-state index >= 15 is 0 Å². The van der Waals surface area contributed by atoms with Crippen LogP contribution in [0.25, 0.3) is 0 Å². The summed E-state index contributed by atoms with van der Waals surface area (Å²) in [4.78, 5) is 13.5. The second kappa shape index (κ2) is 7.45. The first kappa shape index (κ1) is 19.6. The molecule has 0 amide bonds. The van der Waals surface area contributed by atoms with Crippen molar-refractivity contribution in [2.45, 2.75) is 50.9 Å². The highest BCUT2D eigenvalue weighted by Gasteiger charge is 2.49. The van der Waals surface area contributed by atoms with Crippen molar-refractivity contribution in [1.29, 1.82) is 0 Å². The van der Waals surface area contributed by atoms with Crippen LogP contribution in [0.4, 0.5) is 0 Å². The molecule has 2 atom stereocenters. The summed E-state index contributed by atoms with van der Waals surface area (Å²) in [7, 11) is 1.88. The largest absolute Gasteiger partial charge is 0.480 e. The number of carboxylic acid groups (broad SMARTS) is 1. The summed E-state index contributed by atoms with van der Waals surface area (Å²) >= 11 is 0. The first-order valence-electron chi connectivity index (χ1n) is 9.60. The number of carbonyl (C=O) groups is 1. The van der Waals surface area contributed by atoms with Crippen LogP contribution in [0.3, 0.4) is 0 Å². The van der Waals surface area contributed by atoms with E-state index in [4.69, 9.17) is 4.74 Å². The van der Waals surface area contributed by atoms with Crippen molar-refractivity contribution >= 4 is 5.97 Å². The van der Waals surface area contributed by atoms with Crippen molar-refractivity contribution in [2.75, 3.05) is 13.6 Å². The molecule has 4 nitrogen and oxygen atoms in total. The van der Waals surface area contributed by atoms with Gasteiger partial charge < -0.3 is 9.84 Å². The number of ether oxygens (including phenoxy) is 1. The van der Waals surface area contributed by atoms with Gasteiger partial charge in [0.15, 0.2) is 0 Å². The van der Waals surface area contributed by atoms with Gasteiger partial charge in [0.25, 0.3) is 0 Å². The minimum Gasteiger partial charge on any atom is -0.480 e. The summed E-state index contributed by atoms with van der Waals surface area (Å²) < 4.78 is 6.74. The molecule has 0 aliphatic carbocycles. The van der Waals surface area contributed by atoms with E-state index in [9.17, 15) is 9.90 Å². The summed E-state index contributed by atoms with van der Waals surface area (Å²) in [5.74, 6) is -0.776. The van der Waals surface area contributed by atoms with E-state index in [0.29, 0.717) is 19.4 Å². The molecule has 27 heavy (non-hydrogen) atoms. The molecule has 0 radical (unpaired) electrons. The summed E-state index contributed by atoms with van der Waals surface area (Å²) in [6, 6.07) is 18.2. The molecule has 0 saturated carbocycles. The summed E-state index contributed by atoms with van der Waals surface area (Å²) in [6.45, 7) is 6.75. The molecule has 0 aromatic heterocycles. The number of aliphatic carboxylic acids is 1. The maximum absolute atomic E-state index is 11.5. The standard InChI is InChI=1S/C23H29NO3/c1-5-20(21(25)26)24(4)16-15-23(17-11-7-6-8-12-17)19-14-10-9-13-18(19)22(2,3)27-23/h6-14,20H,5,15-16H2,1-4H3,(H,25,26). The Morgan fingerprint density at radius 2 is 1.67 bits per heavy atom. The zero-order valence-electron chi connectivity index (χ0n) is 16.6. The number of hydrogen-bond acceptors (Lipinski definition) is 3. The van der Waals surface area contributed by atoms with E-state index in [-0.39, 0.29) is 0 Å². The van der Waals surface area contributed by atoms with E-state index in [0.717, 1.165) is 5.56 Å². The Balaban J connectivity index is 2.01. The average Bonchev–Trinajstić information content (AvgIpc) is 2.89. The van der Waals surface area contributed by atoms with Gasteiger partial charge in [-0.05, 0) is 50.4 Å². The molecule has 2 unspecified atom stereocenters. The Labute approximate surface area is 161 Å². The molecule has 3 rings (SSSR count). The van der Waals surface area contributed by atoms with Gasteiger partial charge in [-0.2, -0.15) is 0 Å². The van der Waals surface area contributed by atoms with Gasteiger partial charge in [-0.15, -0.1) is 0 Å². The first-order chi connectivity index (χ1) is 12.8. The Bertz CT molecular complexity index is 802. The lowest BCUT2D eigenvalue weighted by Gasteiger charge is -2.35. The van der Waals surface area contributed by atoms with Crippen LogP contribution < -0.4 is 0 Å². The lowest BCUT2D eigenvalue weighted by Crippen LogP contribution is -2.41. The molecule has 2 aromatic rings. The van der Waals surface area contributed by atoms with E-state index in [1.165, 1.54) is 11.1 Å². The van der Waals surface area contributed by atoms with Crippen LogP contribution in [0.5, 0.6) is 0 Å². The molecule has 144 valence electrons. The summed E-state index contributed by atoms with van der Waals surface area (Å²) in [5.41, 5.74) is 2.51. The molecular formula is C23H29NO3. The second-order valence-corrected chi connectivity index (χ2v) is 7.84. The van der Waals surface area contributed by atoms with Crippen molar-refractivity contribution < 1.29 is 14.6 Å². The van der Waals surface area contributed by atoms with Gasteiger partial charge in [0.1, 0.15) is 11.6 Å². The number of carboxylic acids is 1. The van der Waals surface area contributed by atoms with Crippen LogP contribution in [0, 0.1) is 0 Å². The molecular weight excluding hydrogens is 338 g/mol. The van der Waals surface area contributed by atoms with Crippen molar-refractivity contribution in [3.8, 4) is 0 Å². The third-order valence-corrected chi connectivity index (χ3v) is 5.70. The van der Waals surface area contributed by atoms with Crippen LogP contribution in [0.15, 0.2) is 54.6 Å². The van der Waals surface area contributed by atoms with Crippen LogP contribution in [-0.4, -0.2) is 35.6 Å². The molecule has 0 fully saturated rings. The van der Waals surface area contributed by atoms with Gasteiger partial charge in [-0.3, -0.25) is 9.69 Å². The molecule has 1 heterocycles. The van der Waals surface area contributed by atoms with Crippen molar-refractivity contribution in [3.05, 3.63) is 71.3 Å². The first-order valence-corrected chi connectivity index (χ1v) is 9.60. The second-order valence-electron chi connectivity index (χ2n) is 7.84. The van der Waals surface area contributed by atoms with Gasteiger partial charge in [-0.1, -0.05) is 61.5 Å². The minimum absolute atomic E-state index is 0.401. The molecule has 1 aliphatic heterocycles. The van der Waals surface area contributed by atoms with Gasteiger partial charge in [-0.25, -0.2) is 0 Å². The van der Waals surface area contributed by atoms with Gasteiger partial charge in [0.05, 0.1) is 5.60 Å². The Hall–Kier alpha value is -2.17. The zero-order chi connectivity index (χ0) is 19.7. The third-order valence-electron chi connectivity index (χ3n) is 5.70. The highest BCUT2D eigenvalue weighted by Crippen LogP contribution is 2.52. The maximum atomic E-state index is 11.5. The van der Waals surface area contributed by atoms with E-state index in [2.05, 4.69) is 50.2 Å². The van der Waals surface area contributed by atoms with Crippen LogP contribution >= 0.6 is 0 Å². The molecule has 0 spiro atoms. The Kier molecular flexibility index (Phi) is 5.41. The maximum Gasteiger partial charge on any atom is 0.320 e. The van der Waals surface area contributed by atoms with Gasteiger partial charge in [0, 0.05) is 6.54 Å². The fraction of sp³-hybridized carbons (Fsp3) is 0.435. The molecule has 4 heteroatoms. The van der Waals surface area contributed by atoms with Crippen LogP contribution in [0.1, 0.15) is 50.3 Å². The summed E-state index contributed by atoms with van der Waals surface area (Å²) in [6.07, 6.45) is 1.27. The summed E-state index contributed by atoms with van der Waals surface area (Å²) in [5, 5.41) is 9.48. The smallest absolute Gasteiger partial charge is 0.320 e. The monoisotopic (exact) mass is 367 g/mol. The quantitative estimate of drug-likeness (QED) is 0.789. The Morgan fingerprint density at radius 3 is 2.26 bits per heavy atom. The van der Waals surface area contributed by atoms with Crippen molar-refractivity contribution in [1.82, 2.24) is 4.90 Å². The van der Waals surface area contributed by atoms with Crippen LogP contribution in [0.2, 0.25) is 0 Å². The van der Waals surface area contributed by atoms with E-state index < -0.39 is 23.2 Å². The SMILES string of the molecule is CCC(C(=O)O)N(C)CCC1(c2ccccc2)OC(C)(C)c2ccccc21. The lowest BCUT2D eigenvalue weighted by molar-refractivity contribution is -0.144. The number of benzene rings is 2. The van der Waals surface area contributed by atoms with Gasteiger partial charge in [0.2, 0.25) is 0 Å². The molecule has 0 bridgehead atoms. The molecule has 2 aromatic carbocycles. The fourth-order valence-corrected chi connectivity index (χ4v) is 4.32. The number of hydrogen-bond donors (Lipinski definition) is 1. The Morgan fingerprint density at radius 1 is 1.07 bits per heavy atom. The van der Waals surface area contributed by atoms with Crippen molar-refractivity contribution in [3.63, 3.8) is 0 Å². The molecule has 1 N–H and O–H groups in total. The third kappa shape index (κ3) is 3.52. The molecule has 0 saturated heterocycles. The van der Waals surface area contributed by atoms with Gasteiger partial charge >= 0.3 is 5.97 Å². The van der Waals surface area contributed by atoms with E-state index in [1.807, 2.05) is 37.1 Å². The minimum atomic E-state index is -0.776. The predicted octanol–water partition coefficient (Wildman–Crippen LogP) is 4.38. The zero-order valence-corrected chi connectivity index (χ0v) is 16.6. The van der Waals surface area contributed by atoms with Crippen LogP contribution in [-0.2, 0) is 20.7 Å². The highest BCUT2D eigenvalue weighted by atomic mass is 16.5. The lowest BCUT2D eigenvalue weighted by atomic mass is 9.81. The highest BCUT2D eigenvalue weighted by molar-refractivity contribution is 5.73. The number of rotatable bonds is 7. The number of likely N-dealkylation sites (N-methyl/N-ethyl adjacent to an activating group) is 1. The van der Waals surface area contributed by atoms with Crippen molar-refractivity contribution in [2.24, 2.45) is 0 Å². The average molecular weight is 367 g/mol. The number of nitrogens with zero attached hydrogens (tertiary/aromatic N) is 1. The van der Waals surface area contributed by atoms with E-state index in [1.54, 1.807) is 0 Å².